The zero-order chi connectivity index (χ0) is 25.1. The van der Waals surface area contributed by atoms with E-state index in [4.69, 9.17) is 14.2 Å². The van der Waals surface area contributed by atoms with Gasteiger partial charge in [0.05, 0.1) is 0 Å². The van der Waals surface area contributed by atoms with Gasteiger partial charge in [-0.3, -0.25) is 5.10 Å². The van der Waals surface area contributed by atoms with E-state index >= 15 is 0 Å². The Bertz CT molecular complexity index is 1330. The quantitative estimate of drug-likeness (QED) is 0.373. The van der Waals surface area contributed by atoms with Gasteiger partial charge < -0.3 is 24.4 Å². The van der Waals surface area contributed by atoms with Crippen molar-refractivity contribution in [3.8, 4) is 23.1 Å². The van der Waals surface area contributed by atoms with E-state index < -0.39 is 5.60 Å². The van der Waals surface area contributed by atoms with Crippen LogP contribution in [-0.2, 0) is 4.74 Å². The molecule has 0 spiro atoms. The van der Waals surface area contributed by atoms with Gasteiger partial charge in [-0.15, -0.1) is 0 Å². The van der Waals surface area contributed by atoms with E-state index in [1.807, 2.05) is 75.4 Å². The summed E-state index contributed by atoms with van der Waals surface area (Å²) in [7, 11) is 0. The molecule has 0 aliphatic carbocycles. The van der Waals surface area contributed by atoms with Crippen molar-refractivity contribution < 1.29 is 19.0 Å². The highest BCUT2D eigenvalue weighted by molar-refractivity contribution is 5.91. The number of nitrogens with zero attached hydrogens (tertiary/aromatic N) is 4. The zero-order valence-electron chi connectivity index (χ0n) is 20.4. The molecule has 3 heterocycles. The van der Waals surface area contributed by atoms with E-state index in [-0.39, 0.29) is 12.1 Å². The number of para-hydroxylation sites is 1. The molecule has 0 bridgehead atoms. The van der Waals surface area contributed by atoms with Crippen molar-refractivity contribution in [1.29, 1.82) is 0 Å². The highest BCUT2D eigenvalue weighted by atomic mass is 16.6. The van der Waals surface area contributed by atoms with Gasteiger partial charge in [-0.1, -0.05) is 18.2 Å². The number of anilines is 1. The smallest absolute Gasteiger partial charge is 0.410 e. The van der Waals surface area contributed by atoms with Crippen molar-refractivity contribution in [2.75, 3.05) is 18.4 Å². The van der Waals surface area contributed by atoms with Crippen LogP contribution in [0.3, 0.4) is 0 Å². The average molecular weight is 489 g/mol. The largest absolute Gasteiger partial charge is 0.457 e. The van der Waals surface area contributed by atoms with Gasteiger partial charge in [0.2, 0.25) is 5.88 Å². The molecule has 1 aliphatic rings. The topological polar surface area (TPSA) is 114 Å². The summed E-state index contributed by atoms with van der Waals surface area (Å²) in [4.78, 5) is 22.7. The van der Waals surface area contributed by atoms with Crippen molar-refractivity contribution in [2.45, 2.75) is 38.8 Å². The number of fused-ring (bicyclic) bond motifs is 1. The molecule has 186 valence electrons. The van der Waals surface area contributed by atoms with Crippen LogP contribution in [0.15, 0.2) is 60.9 Å². The van der Waals surface area contributed by atoms with Crippen LogP contribution in [0.2, 0.25) is 0 Å². The number of carbonyl (C=O) groups is 1. The highest BCUT2D eigenvalue weighted by Crippen LogP contribution is 2.33. The summed E-state index contributed by atoms with van der Waals surface area (Å²) in [6, 6.07) is 16.9. The second-order valence-corrected chi connectivity index (χ2v) is 9.52. The lowest BCUT2D eigenvalue weighted by atomic mass is 10.2. The number of carbonyl (C=O) groups excluding carboxylic acids is 1. The van der Waals surface area contributed by atoms with Crippen LogP contribution < -0.4 is 14.8 Å². The first kappa shape index (κ1) is 23.4. The van der Waals surface area contributed by atoms with Crippen molar-refractivity contribution in [3.63, 3.8) is 0 Å². The molecule has 1 aliphatic heterocycles. The fourth-order valence-electron chi connectivity index (χ4n) is 3.89. The molecule has 2 aromatic carbocycles. The average Bonchev–Trinajstić information content (AvgIpc) is 3.48. The minimum atomic E-state index is -0.531. The summed E-state index contributed by atoms with van der Waals surface area (Å²) >= 11 is 0. The van der Waals surface area contributed by atoms with E-state index in [0.29, 0.717) is 47.3 Å². The fraction of sp³-hybridized carbons (Fsp3) is 0.308. The van der Waals surface area contributed by atoms with Gasteiger partial charge in [0.15, 0.2) is 11.5 Å². The predicted octanol–water partition coefficient (Wildman–Crippen LogP) is 5.36. The lowest BCUT2D eigenvalue weighted by Gasteiger charge is -2.24. The normalized spacial score (nSPS) is 15.6. The summed E-state index contributed by atoms with van der Waals surface area (Å²) in [6.45, 7) is 6.69. The van der Waals surface area contributed by atoms with Crippen LogP contribution in [0.1, 0.15) is 27.2 Å². The van der Waals surface area contributed by atoms with Gasteiger partial charge in [0, 0.05) is 19.1 Å². The van der Waals surface area contributed by atoms with Crippen LogP contribution in [0.4, 0.5) is 10.6 Å². The fourth-order valence-corrected chi connectivity index (χ4v) is 3.89. The van der Waals surface area contributed by atoms with Crippen LogP contribution in [-0.4, -0.2) is 55.9 Å². The van der Waals surface area contributed by atoms with Crippen molar-refractivity contribution in [3.05, 3.63) is 60.9 Å². The molecule has 4 aromatic rings. The van der Waals surface area contributed by atoms with Crippen LogP contribution in [0.5, 0.6) is 23.1 Å². The monoisotopic (exact) mass is 488 g/mol. The highest BCUT2D eigenvalue weighted by Gasteiger charge is 2.30. The molecular formula is C26H28N6O4. The minimum Gasteiger partial charge on any atom is -0.457 e. The molecule has 36 heavy (non-hydrogen) atoms. The standard InChI is InChI=1S/C26H28N6O4/c1-26(2,3)36-25(33)32-14-13-17(15-32)29-23-21-22(30-31-23)27-16-28-24(21)35-20-11-9-19(10-12-20)34-18-7-5-4-6-8-18/h4-12,16-17H,13-15H2,1-3H3,(H2,27,28,29,30,31)/t17-/m1/s1. The third-order valence-electron chi connectivity index (χ3n) is 5.52. The SMILES string of the molecule is CC(C)(C)OC(=O)N1CC[C@@H](Nc2n[nH]c3ncnc(Oc4ccc(Oc5ccccc5)cc4)c23)C1. The maximum atomic E-state index is 12.4. The molecule has 2 N–H and O–H groups in total. The third-order valence-corrected chi connectivity index (χ3v) is 5.52. The molecule has 1 amide bonds. The van der Waals surface area contributed by atoms with E-state index in [1.54, 1.807) is 4.90 Å². The number of benzene rings is 2. The first-order valence-corrected chi connectivity index (χ1v) is 11.8. The second kappa shape index (κ2) is 9.73. The molecule has 1 fully saturated rings. The third kappa shape index (κ3) is 5.48. The van der Waals surface area contributed by atoms with Crippen molar-refractivity contribution >= 4 is 22.9 Å². The molecule has 0 unspecified atom stereocenters. The number of nitrogens with one attached hydrogen (secondary N) is 2. The number of hydrogen-bond acceptors (Lipinski definition) is 8. The maximum absolute atomic E-state index is 12.4. The molecule has 2 aromatic heterocycles. The number of H-pyrrole nitrogens is 1. The lowest BCUT2D eigenvalue weighted by molar-refractivity contribution is 0.0293. The zero-order valence-corrected chi connectivity index (χ0v) is 20.4. The number of hydrogen-bond donors (Lipinski definition) is 2. The van der Waals surface area contributed by atoms with Crippen LogP contribution >= 0.6 is 0 Å². The van der Waals surface area contributed by atoms with Gasteiger partial charge in [-0.25, -0.2) is 14.8 Å². The number of ether oxygens (including phenoxy) is 3. The first-order chi connectivity index (χ1) is 17.3. The summed E-state index contributed by atoms with van der Waals surface area (Å²) in [6.07, 6.45) is 1.87. The molecule has 0 radical (unpaired) electrons. The second-order valence-electron chi connectivity index (χ2n) is 9.52. The number of amides is 1. The number of aromatic nitrogens is 4. The Hall–Kier alpha value is -4.34. The number of rotatable bonds is 6. The maximum Gasteiger partial charge on any atom is 0.410 e. The number of aromatic amines is 1. The molecular weight excluding hydrogens is 460 g/mol. The van der Waals surface area contributed by atoms with E-state index in [0.717, 1.165) is 12.2 Å². The van der Waals surface area contributed by atoms with Gasteiger partial charge >= 0.3 is 6.09 Å². The molecule has 5 rings (SSSR count). The summed E-state index contributed by atoms with van der Waals surface area (Å²) in [5.41, 5.74) is 0.0183. The van der Waals surface area contributed by atoms with Crippen molar-refractivity contribution in [2.24, 2.45) is 0 Å². The Morgan fingerprint density at radius 3 is 2.42 bits per heavy atom. The molecule has 10 nitrogen and oxygen atoms in total. The Morgan fingerprint density at radius 1 is 1.00 bits per heavy atom. The minimum absolute atomic E-state index is 0.00601. The molecule has 10 heteroatoms. The Morgan fingerprint density at radius 2 is 1.69 bits per heavy atom. The van der Waals surface area contributed by atoms with E-state index in [9.17, 15) is 4.79 Å². The summed E-state index contributed by atoms with van der Waals surface area (Å²) in [5.74, 6) is 2.99. The lowest BCUT2D eigenvalue weighted by Crippen LogP contribution is -2.36. The Balaban J connectivity index is 1.28. The molecule has 1 saturated heterocycles. The predicted molar refractivity (Wildman–Crippen MR) is 135 cm³/mol. The Kier molecular flexibility index (Phi) is 6.32. The summed E-state index contributed by atoms with van der Waals surface area (Å²) in [5, 5.41) is 11.3. The van der Waals surface area contributed by atoms with Crippen LogP contribution in [0, 0.1) is 0 Å². The number of likely N-dealkylation sites (tertiary alicyclic amines) is 1. The van der Waals surface area contributed by atoms with Gasteiger partial charge in [0.1, 0.15) is 34.6 Å². The van der Waals surface area contributed by atoms with Crippen molar-refractivity contribution in [1.82, 2.24) is 25.1 Å². The van der Waals surface area contributed by atoms with Gasteiger partial charge in [-0.05, 0) is 63.6 Å². The van der Waals surface area contributed by atoms with Gasteiger partial charge in [-0.2, -0.15) is 5.10 Å². The van der Waals surface area contributed by atoms with E-state index in [2.05, 4.69) is 25.5 Å². The van der Waals surface area contributed by atoms with E-state index in [1.165, 1.54) is 6.33 Å². The Labute approximate surface area is 208 Å². The first-order valence-electron chi connectivity index (χ1n) is 11.8. The van der Waals surface area contributed by atoms with Crippen LogP contribution in [0.25, 0.3) is 11.0 Å². The van der Waals surface area contributed by atoms with Gasteiger partial charge in [0.25, 0.3) is 0 Å². The molecule has 1 atom stereocenters. The molecule has 0 saturated carbocycles. The summed E-state index contributed by atoms with van der Waals surface area (Å²) < 4.78 is 17.4.